The molecule has 0 bridgehead atoms. The molecular weight excluding hydrogens is 312 g/mol. The van der Waals surface area contributed by atoms with E-state index in [0.717, 1.165) is 31.4 Å². The molecule has 0 radical (unpaired) electrons. The van der Waals surface area contributed by atoms with Crippen molar-refractivity contribution in [2.75, 3.05) is 19.1 Å². The lowest BCUT2D eigenvalue weighted by atomic mass is 9.86. The van der Waals surface area contributed by atoms with Gasteiger partial charge >= 0.3 is 0 Å². The summed E-state index contributed by atoms with van der Waals surface area (Å²) in [4.78, 5) is 0. The molecular formula is C15H20BrClO. The minimum absolute atomic E-state index is 0.577. The molecule has 0 saturated carbocycles. The van der Waals surface area contributed by atoms with Gasteiger partial charge in [0.2, 0.25) is 0 Å². The van der Waals surface area contributed by atoms with E-state index in [9.17, 15) is 0 Å². The zero-order valence-corrected chi connectivity index (χ0v) is 12.9. The Kier molecular flexibility index (Phi) is 6.00. The fraction of sp³-hybridized carbons (Fsp3) is 0.600. The highest BCUT2D eigenvalue weighted by molar-refractivity contribution is 9.10. The maximum atomic E-state index is 6.14. The Bertz CT molecular complexity index is 363. The van der Waals surface area contributed by atoms with Gasteiger partial charge in [-0.25, -0.2) is 0 Å². The first kappa shape index (κ1) is 14.4. The van der Waals surface area contributed by atoms with E-state index in [1.54, 1.807) is 0 Å². The largest absolute Gasteiger partial charge is 0.381 e. The van der Waals surface area contributed by atoms with Gasteiger partial charge < -0.3 is 4.74 Å². The van der Waals surface area contributed by atoms with Crippen molar-refractivity contribution in [1.29, 1.82) is 0 Å². The standard InChI is InChI=1S/C15H20BrClO/c16-15-4-2-1-3-14(15)10-13(11-17)9-12-5-7-18-8-6-12/h1-4,12-13H,5-11H2. The molecule has 1 aromatic carbocycles. The lowest BCUT2D eigenvalue weighted by Crippen LogP contribution is -2.20. The molecule has 3 heteroatoms. The number of ether oxygens (including phenoxy) is 1. The van der Waals surface area contributed by atoms with Gasteiger partial charge in [-0.2, -0.15) is 0 Å². The Labute approximate surface area is 123 Å². The summed E-state index contributed by atoms with van der Waals surface area (Å²) in [7, 11) is 0. The van der Waals surface area contributed by atoms with E-state index in [1.807, 2.05) is 0 Å². The first-order chi connectivity index (χ1) is 8.79. The summed E-state index contributed by atoms with van der Waals surface area (Å²) in [6, 6.07) is 8.45. The number of benzene rings is 1. The molecule has 1 aliphatic rings. The lowest BCUT2D eigenvalue weighted by molar-refractivity contribution is 0.0595. The predicted molar refractivity (Wildman–Crippen MR) is 80.2 cm³/mol. The average Bonchev–Trinajstić information content (AvgIpc) is 2.41. The summed E-state index contributed by atoms with van der Waals surface area (Å²) >= 11 is 9.76. The van der Waals surface area contributed by atoms with Gasteiger partial charge in [0.25, 0.3) is 0 Å². The third-order valence-electron chi connectivity index (χ3n) is 3.69. The van der Waals surface area contributed by atoms with Crippen molar-refractivity contribution in [3.63, 3.8) is 0 Å². The van der Waals surface area contributed by atoms with Gasteiger partial charge in [-0.1, -0.05) is 34.1 Å². The molecule has 0 aliphatic carbocycles. The molecule has 1 fully saturated rings. The van der Waals surface area contributed by atoms with Crippen LogP contribution in [0.4, 0.5) is 0 Å². The van der Waals surface area contributed by atoms with Crippen molar-refractivity contribution < 1.29 is 4.74 Å². The average molecular weight is 332 g/mol. The van der Waals surface area contributed by atoms with Gasteiger partial charge in [-0.15, -0.1) is 11.6 Å². The molecule has 1 nitrogen and oxygen atoms in total. The van der Waals surface area contributed by atoms with Gasteiger partial charge in [0.1, 0.15) is 0 Å². The van der Waals surface area contributed by atoms with Crippen LogP contribution < -0.4 is 0 Å². The summed E-state index contributed by atoms with van der Waals surface area (Å²) < 4.78 is 6.61. The van der Waals surface area contributed by atoms with Gasteiger partial charge in [0, 0.05) is 23.6 Å². The topological polar surface area (TPSA) is 9.23 Å². The maximum Gasteiger partial charge on any atom is 0.0468 e. The third-order valence-corrected chi connectivity index (χ3v) is 4.90. The van der Waals surface area contributed by atoms with Crippen LogP contribution in [0.1, 0.15) is 24.8 Å². The SMILES string of the molecule is ClCC(Cc1ccccc1Br)CC1CCOCC1. The van der Waals surface area contributed by atoms with Crippen LogP contribution in [0.5, 0.6) is 0 Å². The molecule has 0 spiro atoms. The minimum Gasteiger partial charge on any atom is -0.381 e. The summed E-state index contributed by atoms with van der Waals surface area (Å²) in [5.41, 5.74) is 1.37. The van der Waals surface area contributed by atoms with Crippen LogP contribution in [0.25, 0.3) is 0 Å². The second kappa shape index (κ2) is 7.52. The Morgan fingerprint density at radius 3 is 2.67 bits per heavy atom. The van der Waals surface area contributed by atoms with Crippen LogP contribution in [0.15, 0.2) is 28.7 Å². The molecule has 0 N–H and O–H groups in total. The van der Waals surface area contributed by atoms with Gasteiger partial charge in [0.05, 0.1) is 0 Å². The van der Waals surface area contributed by atoms with E-state index in [-0.39, 0.29) is 0 Å². The quantitative estimate of drug-likeness (QED) is 0.713. The van der Waals surface area contributed by atoms with Crippen molar-refractivity contribution in [3.05, 3.63) is 34.3 Å². The second-order valence-corrected chi connectivity index (χ2v) is 6.27. The molecule has 1 saturated heterocycles. The summed E-state index contributed by atoms with van der Waals surface area (Å²) in [5.74, 6) is 2.12. The van der Waals surface area contributed by atoms with Crippen LogP contribution in [0.3, 0.4) is 0 Å². The molecule has 1 heterocycles. The van der Waals surface area contributed by atoms with E-state index in [2.05, 4.69) is 40.2 Å². The van der Waals surface area contributed by atoms with E-state index in [1.165, 1.54) is 29.3 Å². The van der Waals surface area contributed by atoms with Crippen LogP contribution in [-0.4, -0.2) is 19.1 Å². The first-order valence-electron chi connectivity index (χ1n) is 6.66. The minimum atomic E-state index is 0.577. The maximum absolute atomic E-state index is 6.14. The van der Waals surface area contributed by atoms with Crippen molar-refractivity contribution >= 4 is 27.5 Å². The molecule has 0 amide bonds. The Morgan fingerprint density at radius 2 is 2.00 bits per heavy atom. The third kappa shape index (κ3) is 4.25. The zero-order valence-electron chi connectivity index (χ0n) is 10.6. The van der Waals surface area contributed by atoms with Gasteiger partial charge in [0.15, 0.2) is 0 Å². The zero-order chi connectivity index (χ0) is 12.8. The Balaban J connectivity index is 1.90. The second-order valence-electron chi connectivity index (χ2n) is 5.11. The molecule has 1 atom stereocenters. The number of halogens is 2. The van der Waals surface area contributed by atoms with E-state index < -0.39 is 0 Å². The number of rotatable bonds is 5. The first-order valence-corrected chi connectivity index (χ1v) is 7.99. The molecule has 2 rings (SSSR count). The summed E-state index contributed by atoms with van der Waals surface area (Å²) in [6.45, 7) is 1.85. The van der Waals surface area contributed by atoms with Gasteiger partial charge in [-0.05, 0) is 49.1 Å². The number of hydrogen-bond acceptors (Lipinski definition) is 1. The molecule has 1 aliphatic heterocycles. The van der Waals surface area contributed by atoms with Crippen LogP contribution in [-0.2, 0) is 11.2 Å². The van der Waals surface area contributed by atoms with E-state index >= 15 is 0 Å². The summed E-state index contributed by atoms with van der Waals surface area (Å²) in [5, 5.41) is 0. The van der Waals surface area contributed by atoms with E-state index in [0.29, 0.717) is 5.92 Å². The van der Waals surface area contributed by atoms with Crippen LogP contribution in [0, 0.1) is 11.8 Å². The fourth-order valence-corrected chi connectivity index (χ4v) is 3.31. The van der Waals surface area contributed by atoms with Gasteiger partial charge in [-0.3, -0.25) is 0 Å². The highest BCUT2D eigenvalue weighted by atomic mass is 79.9. The lowest BCUT2D eigenvalue weighted by Gasteiger charge is -2.26. The number of alkyl halides is 1. The highest BCUT2D eigenvalue weighted by Gasteiger charge is 2.19. The molecule has 0 aromatic heterocycles. The normalized spacial score (nSPS) is 18.8. The van der Waals surface area contributed by atoms with Crippen LogP contribution >= 0.6 is 27.5 Å². The Hall–Kier alpha value is -0.0500. The Morgan fingerprint density at radius 1 is 1.28 bits per heavy atom. The smallest absolute Gasteiger partial charge is 0.0468 e. The van der Waals surface area contributed by atoms with Crippen molar-refractivity contribution in [1.82, 2.24) is 0 Å². The van der Waals surface area contributed by atoms with E-state index in [4.69, 9.17) is 16.3 Å². The van der Waals surface area contributed by atoms with Crippen molar-refractivity contribution in [3.8, 4) is 0 Å². The monoisotopic (exact) mass is 330 g/mol. The molecule has 1 aromatic rings. The predicted octanol–water partition coefficient (Wildman–Crippen LogP) is 4.66. The van der Waals surface area contributed by atoms with Crippen molar-refractivity contribution in [2.45, 2.75) is 25.7 Å². The van der Waals surface area contributed by atoms with Crippen molar-refractivity contribution in [2.24, 2.45) is 11.8 Å². The number of hydrogen-bond donors (Lipinski definition) is 0. The molecule has 18 heavy (non-hydrogen) atoms. The summed E-state index contributed by atoms with van der Waals surface area (Å²) in [6.07, 6.45) is 4.70. The highest BCUT2D eigenvalue weighted by Crippen LogP contribution is 2.28. The van der Waals surface area contributed by atoms with Crippen LogP contribution in [0.2, 0.25) is 0 Å². The molecule has 1 unspecified atom stereocenters. The molecule has 100 valence electrons. The fourth-order valence-electron chi connectivity index (χ4n) is 2.63.